The highest BCUT2D eigenvalue weighted by Crippen LogP contribution is 2.28. The number of aromatic nitrogens is 2. The molecule has 7 nitrogen and oxygen atoms in total. The predicted octanol–water partition coefficient (Wildman–Crippen LogP) is 3.45. The highest BCUT2D eigenvalue weighted by molar-refractivity contribution is 8.00. The van der Waals surface area contributed by atoms with E-state index in [1.54, 1.807) is 30.0 Å². The fourth-order valence-corrected chi connectivity index (χ4v) is 4.40. The number of hydrogen-bond acceptors (Lipinski definition) is 7. The zero-order valence-electron chi connectivity index (χ0n) is 14.2. The van der Waals surface area contributed by atoms with Crippen LogP contribution in [0.15, 0.2) is 58.9 Å². The number of carbonyl (C=O) groups is 1. The summed E-state index contributed by atoms with van der Waals surface area (Å²) < 4.78 is 25.7. The lowest BCUT2D eigenvalue weighted by Crippen LogP contribution is -2.13. The first kappa shape index (κ1) is 19.3. The second-order valence-corrected chi connectivity index (χ2v) is 9.50. The van der Waals surface area contributed by atoms with E-state index in [0.717, 1.165) is 16.3 Å². The molecule has 3 rings (SSSR count). The monoisotopic (exact) mass is 420 g/mol. The molecule has 0 saturated heterocycles. The molecule has 2 aromatic carbocycles. The van der Waals surface area contributed by atoms with Crippen molar-refractivity contribution >= 4 is 49.8 Å². The normalized spacial score (nSPS) is 11.1. The highest BCUT2D eigenvalue weighted by Gasteiger charge is 2.12. The van der Waals surface area contributed by atoms with Crippen LogP contribution in [0.4, 0.5) is 10.8 Å². The Labute approximate surface area is 165 Å². The number of benzene rings is 2. The molecule has 0 spiro atoms. The van der Waals surface area contributed by atoms with Gasteiger partial charge in [0, 0.05) is 17.0 Å². The lowest BCUT2D eigenvalue weighted by atomic mass is 10.2. The van der Waals surface area contributed by atoms with Crippen LogP contribution in [0.1, 0.15) is 15.9 Å². The molecule has 2 N–H and O–H groups in total. The van der Waals surface area contributed by atoms with Crippen LogP contribution in [0.3, 0.4) is 0 Å². The van der Waals surface area contributed by atoms with Gasteiger partial charge in [-0.1, -0.05) is 59.5 Å². The summed E-state index contributed by atoms with van der Waals surface area (Å²) in [6.07, 6.45) is 1.05. The van der Waals surface area contributed by atoms with Gasteiger partial charge in [0.15, 0.2) is 4.34 Å². The Morgan fingerprint density at radius 2 is 1.89 bits per heavy atom. The molecule has 1 heterocycles. The minimum atomic E-state index is -3.41. The van der Waals surface area contributed by atoms with Crippen LogP contribution in [0.25, 0.3) is 0 Å². The summed E-state index contributed by atoms with van der Waals surface area (Å²) in [5.41, 5.74) is 1.82. The van der Waals surface area contributed by atoms with Crippen molar-refractivity contribution in [3.05, 3.63) is 65.7 Å². The second-order valence-electron chi connectivity index (χ2n) is 5.56. The zero-order valence-corrected chi connectivity index (χ0v) is 16.7. The second kappa shape index (κ2) is 8.51. The molecule has 140 valence electrons. The maximum atomic E-state index is 12.4. The van der Waals surface area contributed by atoms with E-state index < -0.39 is 10.0 Å². The molecule has 10 heteroatoms. The van der Waals surface area contributed by atoms with Crippen molar-refractivity contribution in [2.24, 2.45) is 0 Å². The standard InChI is InChI=1S/C17H16N4O3S3/c1-27(23,24)21-14-9-5-8-13(10-14)15(22)18-16-19-20-17(26-16)25-11-12-6-3-2-4-7-12/h2-10,21H,11H2,1H3,(H,18,19,22). The van der Waals surface area contributed by atoms with Crippen molar-refractivity contribution < 1.29 is 13.2 Å². The van der Waals surface area contributed by atoms with Gasteiger partial charge in [0.05, 0.1) is 6.26 Å². The summed E-state index contributed by atoms with van der Waals surface area (Å²) in [4.78, 5) is 12.4. The van der Waals surface area contributed by atoms with E-state index in [4.69, 9.17) is 0 Å². The fraction of sp³-hybridized carbons (Fsp3) is 0.118. The average Bonchev–Trinajstić information content (AvgIpc) is 3.07. The van der Waals surface area contributed by atoms with Crippen molar-refractivity contribution in [1.82, 2.24) is 10.2 Å². The summed E-state index contributed by atoms with van der Waals surface area (Å²) in [5, 5.41) is 11.1. The van der Waals surface area contributed by atoms with Gasteiger partial charge in [-0.3, -0.25) is 14.8 Å². The van der Waals surface area contributed by atoms with E-state index in [0.29, 0.717) is 16.4 Å². The topological polar surface area (TPSA) is 101 Å². The lowest BCUT2D eigenvalue weighted by molar-refractivity contribution is 0.102. The number of thioether (sulfide) groups is 1. The average molecular weight is 421 g/mol. The molecule has 1 aromatic heterocycles. The van der Waals surface area contributed by atoms with Crippen molar-refractivity contribution in [1.29, 1.82) is 0 Å². The van der Waals surface area contributed by atoms with Gasteiger partial charge < -0.3 is 0 Å². The van der Waals surface area contributed by atoms with Crippen LogP contribution < -0.4 is 10.0 Å². The first-order chi connectivity index (χ1) is 12.9. The van der Waals surface area contributed by atoms with Gasteiger partial charge in [0.1, 0.15) is 0 Å². The number of hydrogen-bond donors (Lipinski definition) is 2. The van der Waals surface area contributed by atoms with Crippen molar-refractivity contribution in [3.63, 3.8) is 0 Å². The fourth-order valence-electron chi connectivity index (χ4n) is 2.15. The molecule has 0 atom stereocenters. The summed E-state index contributed by atoms with van der Waals surface area (Å²) in [7, 11) is -3.41. The van der Waals surface area contributed by atoms with Gasteiger partial charge in [-0.25, -0.2) is 8.42 Å². The van der Waals surface area contributed by atoms with E-state index in [1.165, 1.54) is 23.0 Å². The van der Waals surface area contributed by atoms with Gasteiger partial charge in [-0.05, 0) is 23.8 Å². The number of nitrogens with zero attached hydrogens (tertiary/aromatic N) is 2. The van der Waals surface area contributed by atoms with Crippen LogP contribution >= 0.6 is 23.1 Å². The number of sulfonamides is 1. The lowest BCUT2D eigenvalue weighted by Gasteiger charge is -2.06. The molecule has 0 fully saturated rings. The summed E-state index contributed by atoms with van der Waals surface area (Å²) >= 11 is 2.83. The number of amides is 1. The summed E-state index contributed by atoms with van der Waals surface area (Å²) in [6, 6.07) is 16.2. The molecule has 0 saturated carbocycles. The molecule has 0 aliphatic heterocycles. The molecule has 27 heavy (non-hydrogen) atoms. The van der Waals surface area contributed by atoms with E-state index in [9.17, 15) is 13.2 Å². The van der Waals surface area contributed by atoms with Crippen LogP contribution in [0, 0.1) is 0 Å². The largest absolute Gasteiger partial charge is 0.296 e. The Balaban J connectivity index is 1.61. The molecule has 0 radical (unpaired) electrons. The number of rotatable bonds is 7. The Morgan fingerprint density at radius 3 is 2.63 bits per heavy atom. The Morgan fingerprint density at radius 1 is 1.11 bits per heavy atom. The predicted molar refractivity (Wildman–Crippen MR) is 109 cm³/mol. The molecule has 0 aliphatic carbocycles. The van der Waals surface area contributed by atoms with Crippen LogP contribution in [0.2, 0.25) is 0 Å². The van der Waals surface area contributed by atoms with E-state index in [2.05, 4.69) is 20.2 Å². The van der Waals surface area contributed by atoms with Crippen molar-refractivity contribution in [2.45, 2.75) is 10.1 Å². The molecule has 0 unspecified atom stereocenters. The van der Waals surface area contributed by atoms with Crippen LogP contribution in [-0.2, 0) is 15.8 Å². The Kier molecular flexibility index (Phi) is 6.09. The van der Waals surface area contributed by atoms with Gasteiger partial charge in [-0.15, -0.1) is 10.2 Å². The van der Waals surface area contributed by atoms with Gasteiger partial charge in [0.25, 0.3) is 5.91 Å². The summed E-state index contributed by atoms with van der Waals surface area (Å²) in [6.45, 7) is 0. The van der Waals surface area contributed by atoms with E-state index in [-0.39, 0.29) is 5.91 Å². The third-order valence-electron chi connectivity index (χ3n) is 3.26. The number of carbonyl (C=O) groups excluding carboxylic acids is 1. The smallest absolute Gasteiger partial charge is 0.257 e. The first-order valence-corrected chi connectivity index (χ1v) is 11.5. The van der Waals surface area contributed by atoms with Crippen LogP contribution in [0.5, 0.6) is 0 Å². The molecule has 0 bridgehead atoms. The SMILES string of the molecule is CS(=O)(=O)Nc1cccc(C(=O)Nc2nnc(SCc3ccccc3)s2)c1. The molecule has 1 amide bonds. The highest BCUT2D eigenvalue weighted by atomic mass is 32.2. The third-order valence-corrected chi connectivity index (χ3v) is 5.91. The Hall–Kier alpha value is -2.43. The maximum Gasteiger partial charge on any atom is 0.257 e. The Bertz CT molecular complexity index is 1040. The third kappa shape index (κ3) is 6.05. The number of nitrogens with one attached hydrogen (secondary N) is 2. The van der Waals surface area contributed by atoms with Crippen molar-refractivity contribution in [2.75, 3.05) is 16.3 Å². The van der Waals surface area contributed by atoms with E-state index in [1.807, 2.05) is 30.3 Å². The molecule has 0 aliphatic rings. The van der Waals surface area contributed by atoms with Gasteiger partial charge in [0.2, 0.25) is 15.2 Å². The summed E-state index contributed by atoms with van der Waals surface area (Å²) in [5.74, 6) is 0.380. The molecular formula is C17H16N4O3S3. The van der Waals surface area contributed by atoms with Crippen LogP contribution in [-0.4, -0.2) is 30.8 Å². The van der Waals surface area contributed by atoms with Gasteiger partial charge in [-0.2, -0.15) is 0 Å². The quantitative estimate of drug-likeness (QED) is 0.448. The minimum Gasteiger partial charge on any atom is -0.296 e. The van der Waals surface area contributed by atoms with E-state index >= 15 is 0 Å². The maximum absolute atomic E-state index is 12.4. The first-order valence-electron chi connectivity index (χ1n) is 7.78. The number of anilines is 2. The van der Waals surface area contributed by atoms with Gasteiger partial charge >= 0.3 is 0 Å². The molecule has 3 aromatic rings. The zero-order chi connectivity index (χ0) is 19.3. The van der Waals surface area contributed by atoms with Crippen molar-refractivity contribution in [3.8, 4) is 0 Å². The molecular weight excluding hydrogens is 404 g/mol. The minimum absolute atomic E-state index is 0.317.